The molecule has 1 aromatic heterocycles. The first-order chi connectivity index (χ1) is 10.9. The summed E-state index contributed by atoms with van der Waals surface area (Å²) in [5.74, 6) is 0.281. The molecular weight excluding hydrogens is 293 g/mol. The van der Waals surface area contributed by atoms with Gasteiger partial charge in [-0.3, -0.25) is 4.68 Å². The second kappa shape index (κ2) is 7.13. The molecule has 0 bridgehead atoms. The minimum atomic E-state index is -0.251. The monoisotopic (exact) mass is 319 g/mol. The summed E-state index contributed by atoms with van der Waals surface area (Å²) in [6.07, 6.45) is 0.912. The molecule has 0 saturated heterocycles. The number of rotatable bonds is 6. The number of nitrogens with one attached hydrogen (secondary N) is 1. The Kier molecular flexibility index (Phi) is 5.42. The Balaban J connectivity index is 2.25. The van der Waals surface area contributed by atoms with E-state index in [0.29, 0.717) is 11.3 Å². The Morgan fingerprint density at radius 2 is 2.04 bits per heavy atom. The molecule has 0 aliphatic heterocycles. The molecule has 0 radical (unpaired) electrons. The molecular formula is C18H26FN3O. The van der Waals surface area contributed by atoms with Gasteiger partial charge in [-0.2, -0.15) is 5.10 Å². The topological polar surface area (TPSA) is 39.1 Å². The van der Waals surface area contributed by atoms with Crippen LogP contribution in [0.2, 0.25) is 0 Å². The van der Waals surface area contributed by atoms with Crippen LogP contribution in [0.4, 0.5) is 4.39 Å². The molecule has 1 aromatic carbocycles. The van der Waals surface area contributed by atoms with Crippen LogP contribution in [0.25, 0.3) is 0 Å². The fraction of sp³-hybridized carbons (Fsp3) is 0.500. The van der Waals surface area contributed by atoms with Gasteiger partial charge in [-0.25, -0.2) is 4.39 Å². The maximum absolute atomic E-state index is 14.3. The summed E-state index contributed by atoms with van der Waals surface area (Å²) in [6, 6.07) is 5.03. The second-order valence-corrected chi connectivity index (χ2v) is 5.94. The summed E-state index contributed by atoms with van der Waals surface area (Å²) in [5, 5.41) is 8.02. The minimum Gasteiger partial charge on any atom is -0.497 e. The smallest absolute Gasteiger partial charge is 0.131 e. The van der Waals surface area contributed by atoms with Crippen LogP contribution in [-0.4, -0.2) is 16.9 Å². The quantitative estimate of drug-likeness (QED) is 0.875. The predicted octanol–water partition coefficient (Wildman–Crippen LogP) is 3.99. The SMILES string of the molecule is CCC(NC(C)c1ccc(OC)cc1F)c1c(C)nn(C)c1C. The number of ether oxygens (including phenoxy) is 1. The van der Waals surface area contributed by atoms with E-state index in [1.54, 1.807) is 12.1 Å². The first-order valence-electron chi connectivity index (χ1n) is 7.98. The number of benzene rings is 1. The van der Waals surface area contributed by atoms with E-state index in [0.717, 1.165) is 17.8 Å². The van der Waals surface area contributed by atoms with Crippen molar-refractivity contribution in [2.24, 2.45) is 7.05 Å². The molecule has 4 nitrogen and oxygen atoms in total. The molecule has 0 saturated carbocycles. The van der Waals surface area contributed by atoms with E-state index in [-0.39, 0.29) is 17.9 Å². The van der Waals surface area contributed by atoms with Gasteiger partial charge in [0.25, 0.3) is 0 Å². The molecule has 1 N–H and O–H groups in total. The Morgan fingerprint density at radius 1 is 1.35 bits per heavy atom. The van der Waals surface area contributed by atoms with E-state index in [2.05, 4.69) is 24.3 Å². The largest absolute Gasteiger partial charge is 0.497 e. The van der Waals surface area contributed by atoms with Gasteiger partial charge in [-0.1, -0.05) is 13.0 Å². The van der Waals surface area contributed by atoms with Gasteiger partial charge in [-0.15, -0.1) is 0 Å². The number of nitrogens with zero attached hydrogens (tertiary/aromatic N) is 2. The number of hydrogen-bond donors (Lipinski definition) is 1. The zero-order valence-corrected chi connectivity index (χ0v) is 14.8. The average Bonchev–Trinajstić information content (AvgIpc) is 2.77. The van der Waals surface area contributed by atoms with Crippen molar-refractivity contribution >= 4 is 0 Å². The van der Waals surface area contributed by atoms with Gasteiger partial charge in [0.1, 0.15) is 11.6 Å². The molecule has 2 unspecified atom stereocenters. The Morgan fingerprint density at radius 3 is 2.52 bits per heavy atom. The van der Waals surface area contributed by atoms with Crippen molar-refractivity contribution in [3.63, 3.8) is 0 Å². The highest BCUT2D eigenvalue weighted by molar-refractivity contribution is 5.32. The highest BCUT2D eigenvalue weighted by Crippen LogP contribution is 2.28. The van der Waals surface area contributed by atoms with Gasteiger partial charge in [0.05, 0.1) is 12.8 Å². The van der Waals surface area contributed by atoms with Crippen LogP contribution in [0.3, 0.4) is 0 Å². The van der Waals surface area contributed by atoms with Gasteiger partial charge in [0, 0.05) is 42.0 Å². The summed E-state index contributed by atoms with van der Waals surface area (Å²) in [4.78, 5) is 0. The summed E-state index contributed by atoms with van der Waals surface area (Å²) in [6.45, 7) is 8.19. The van der Waals surface area contributed by atoms with E-state index >= 15 is 0 Å². The zero-order valence-electron chi connectivity index (χ0n) is 14.8. The maximum atomic E-state index is 14.3. The van der Waals surface area contributed by atoms with Crippen molar-refractivity contribution in [2.75, 3.05) is 7.11 Å². The molecule has 5 heteroatoms. The zero-order chi connectivity index (χ0) is 17.1. The third kappa shape index (κ3) is 3.55. The number of methoxy groups -OCH3 is 1. The molecule has 2 aromatic rings. The van der Waals surface area contributed by atoms with Crippen molar-refractivity contribution in [2.45, 2.75) is 46.2 Å². The van der Waals surface area contributed by atoms with Crippen LogP contribution in [-0.2, 0) is 7.05 Å². The summed E-state index contributed by atoms with van der Waals surface area (Å²) >= 11 is 0. The molecule has 0 amide bonds. The molecule has 0 spiro atoms. The lowest BCUT2D eigenvalue weighted by Gasteiger charge is -2.24. The van der Waals surface area contributed by atoms with Crippen molar-refractivity contribution in [3.8, 4) is 5.75 Å². The number of aromatic nitrogens is 2. The Labute approximate surface area is 137 Å². The van der Waals surface area contributed by atoms with Crippen LogP contribution in [0.15, 0.2) is 18.2 Å². The third-order valence-corrected chi connectivity index (χ3v) is 4.45. The van der Waals surface area contributed by atoms with Gasteiger partial charge in [0.15, 0.2) is 0 Å². The molecule has 2 atom stereocenters. The van der Waals surface area contributed by atoms with Gasteiger partial charge in [0.2, 0.25) is 0 Å². The van der Waals surface area contributed by atoms with Crippen molar-refractivity contribution in [3.05, 3.63) is 46.5 Å². The lowest BCUT2D eigenvalue weighted by molar-refractivity contribution is 0.406. The standard InChI is InChI=1S/C18H26FN3O/c1-7-17(18-12(3)21-22(5)13(18)4)20-11(2)15-9-8-14(23-6)10-16(15)19/h8-11,17,20H,7H2,1-6H3. The van der Waals surface area contributed by atoms with E-state index in [1.807, 2.05) is 25.6 Å². The fourth-order valence-electron chi connectivity index (χ4n) is 3.08. The van der Waals surface area contributed by atoms with Crippen LogP contribution in [0.1, 0.15) is 54.9 Å². The second-order valence-electron chi connectivity index (χ2n) is 5.94. The summed E-state index contributed by atoms with van der Waals surface area (Å²) in [7, 11) is 3.49. The highest BCUT2D eigenvalue weighted by Gasteiger charge is 2.22. The normalized spacial score (nSPS) is 13.9. The number of aryl methyl sites for hydroxylation is 2. The Hall–Kier alpha value is -1.88. The van der Waals surface area contributed by atoms with Crippen molar-refractivity contribution < 1.29 is 9.13 Å². The maximum Gasteiger partial charge on any atom is 0.131 e. The molecule has 2 rings (SSSR count). The third-order valence-electron chi connectivity index (χ3n) is 4.45. The summed E-state index contributed by atoms with van der Waals surface area (Å²) < 4.78 is 21.2. The number of hydrogen-bond acceptors (Lipinski definition) is 3. The van der Waals surface area contributed by atoms with Gasteiger partial charge < -0.3 is 10.1 Å². The molecule has 0 fully saturated rings. The fourth-order valence-corrected chi connectivity index (χ4v) is 3.08. The van der Waals surface area contributed by atoms with Crippen LogP contribution in [0, 0.1) is 19.7 Å². The average molecular weight is 319 g/mol. The molecule has 0 aliphatic carbocycles. The van der Waals surface area contributed by atoms with Crippen LogP contribution < -0.4 is 10.1 Å². The van der Waals surface area contributed by atoms with E-state index in [9.17, 15) is 4.39 Å². The molecule has 126 valence electrons. The van der Waals surface area contributed by atoms with E-state index in [4.69, 9.17) is 4.74 Å². The predicted molar refractivity (Wildman–Crippen MR) is 90.2 cm³/mol. The lowest BCUT2D eigenvalue weighted by Crippen LogP contribution is -2.25. The minimum absolute atomic E-state index is 0.107. The molecule has 0 aliphatic rings. The lowest BCUT2D eigenvalue weighted by atomic mass is 9.99. The van der Waals surface area contributed by atoms with Crippen molar-refractivity contribution in [1.29, 1.82) is 0 Å². The molecule has 23 heavy (non-hydrogen) atoms. The molecule has 1 heterocycles. The van der Waals surface area contributed by atoms with Crippen LogP contribution in [0.5, 0.6) is 5.75 Å². The first-order valence-corrected chi connectivity index (χ1v) is 7.98. The van der Waals surface area contributed by atoms with Gasteiger partial charge in [-0.05, 0) is 33.3 Å². The van der Waals surface area contributed by atoms with Crippen molar-refractivity contribution in [1.82, 2.24) is 15.1 Å². The first kappa shape index (κ1) is 17.5. The van der Waals surface area contributed by atoms with Crippen LogP contribution >= 0.6 is 0 Å². The Bertz CT molecular complexity index is 681. The van der Waals surface area contributed by atoms with Gasteiger partial charge >= 0.3 is 0 Å². The van der Waals surface area contributed by atoms with E-state index < -0.39 is 0 Å². The van der Waals surface area contributed by atoms with E-state index in [1.165, 1.54) is 18.7 Å². The highest BCUT2D eigenvalue weighted by atomic mass is 19.1. The number of halogens is 1. The summed E-state index contributed by atoms with van der Waals surface area (Å²) in [5.41, 5.74) is 4.01.